The molecular weight excluding hydrogens is 471 g/mol. The number of amides is 2. The first-order valence-electron chi connectivity index (χ1n) is 12.4. The number of fused-ring (bicyclic) bond motifs is 8. The van der Waals surface area contributed by atoms with Crippen LogP contribution in [0.15, 0.2) is 77.6 Å². The van der Waals surface area contributed by atoms with E-state index in [-0.39, 0.29) is 17.2 Å². The molecule has 2 amide bonds. The Balaban J connectivity index is 1.55. The van der Waals surface area contributed by atoms with Crippen LogP contribution < -0.4 is 15.8 Å². The number of benzene rings is 3. The number of imide groups is 1. The highest BCUT2D eigenvalue weighted by atomic mass is 19.1. The third-order valence-electron chi connectivity index (χ3n) is 8.11. The number of carbonyl (C=O) groups excluding carboxylic acids is 2. The van der Waals surface area contributed by atoms with Gasteiger partial charge in [-0.3, -0.25) is 24.3 Å². The van der Waals surface area contributed by atoms with Crippen LogP contribution in [0.25, 0.3) is 16.6 Å². The molecule has 3 aromatic carbocycles. The maximum absolute atomic E-state index is 14.9. The molecule has 37 heavy (non-hydrogen) atoms. The molecule has 0 unspecified atom stereocenters. The number of rotatable bonds is 2. The van der Waals surface area contributed by atoms with E-state index in [1.54, 1.807) is 28.8 Å². The number of nitrogens with one attached hydrogen (secondary N) is 1. The first-order chi connectivity index (χ1) is 17.9. The summed E-state index contributed by atoms with van der Waals surface area (Å²) >= 11 is 0. The summed E-state index contributed by atoms with van der Waals surface area (Å²) < 4.78 is 16.4. The number of hydrogen-bond acceptors (Lipinski definition) is 5. The smallest absolute Gasteiger partial charge is 0.266 e. The monoisotopic (exact) mass is 494 g/mol. The minimum Gasteiger partial charge on any atom is -0.296 e. The molecule has 2 fully saturated rings. The van der Waals surface area contributed by atoms with Gasteiger partial charge in [-0.1, -0.05) is 56.3 Å². The zero-order valence-corrected chi connectivity index (χ0v) is 20.2. The minimum atomic E-state index is -1.23. The van der Waals surface area contributed by atoms with Crippen molar-refractivity contribution in [3.63, 3.8) is 0 Å². The van der Waals surface area contributed by atoms with E-state index in [0.29, 0.717) is 28.0 Å². The van der Waals surface area contributed by atoms with Gasteiger partial charge in [-0.25, -0.2) is 14.3 Å². The van der Waals surface area contributed by atoms with Crippen molar-refractivity contribution in [1.82, 2.24) is 14.9 Å². The fraction of sp³-hybridized carbons (Fsp3) is 0.241. The highest BCUT2D eigenvalue weighted by Crippen LogP contribution is 2.56. The molecule has 7 nitrogen and oxygen atoms in total. The van der Waals surface area contributed by atoms with Gasteiger partial charge < -0.3 is 0 Å². The molecule has 4 atom stereocenters. The van der Waals surface area contributed by atoms with Gasteiger partial charge in [-0.15, -0.1) is 0 Å². The molecule has 0 aliphatic carbocycles. The second-order valence-electron chi connectivity index (χ2n) is 10.3. The molecule has 4 heterocycles. The van der Waals surface area contributed by atoms with Crippen LogP contribution in [0.5, 0.6) is 0 Å². The summed E-state index contributed by atoms with van der Waals surface area (Å²) in [5.74, 6) is -2.89. The molecule has 2 saturated heterocycles. The number of hydrogen-bond donors (Lipinski definition) is 1. The number of halogens is 1. The van der Waals surface area contributed by atoms with E-state index < -0.39 is 41.0 Å². The number of nitrogens with zero attached hydrogens (tertiary/aromatic N) is 3. The predicted octanol–water partition coefficient (Wildman–Crippen LogP) is 3.52. The van der Waals surface area contributed by atoms with Crippen LogP contribution in [-0.2, 0) is 15.1 Å². The van der Waals surface area contributed by atoms with Crippen molar-refractivity contribution in [3.05, 3.63) is 100 Å². The van der Waals surface area contributed by atoms with E-state index in [2.05, 4.69) is 5.32 Å². The van der Waals surface area contributed by atoms with Gasteiger partial charge in [-0.2, -0.15) is 0 Å². The van der Waals surface area contributed by atoms with Crippen molar-refractivity contribution < 1.29 is 14.0 Å². The van der Waals surface area contributed by atoms with Crippen molar-refractivity contribution in [2.45, 2.75) is 25.4 Å². The molecule has 7 rings (SSSR count). The molecule has 0 radical (unpaired) electrons. The van der Waals surface area contributed by atoms with Gasteiger partial charge in [0.25, 0.3) is 5.56 Å². The quantitative estimate of drug-likeness (QED) is 0.431. The lowest BCUT2D eigenvalue weighted by molar-refractivity contribution is -0.123. The maximum Gasteiger partial charge on any atom is 0.266 e. The lowest BCUT2D eigenvalue weighted by atomic mass is 9.75. The van der Waals surface area contributed by atoms with Crippen LogP contribution in [0, 0.1) is 23.6 Å². The fourth-order valence-electron chi connectivity index (χ4n) is 6.59. The third kappa shape index (κ3) is 2.63. The zero-order valence-electron chi connectivity index (χ0n) is 20.2. The zero-order chi connectivity index (χ0) is 25.6. The van der Waals surface area contributed by atoms with Gasteiger partial charge in [0.15, 0.2) is 0 Å². The second-order valence-corrected chi connectivity index (χ2v) is 10.3. The molecular formula is C29H23FN4O3. The van der Waals surface area contributed by atoms with Crippen LogP contribution >= 0.6 is 0 Å². The van der Waals surface area contributed by atoms with Gasteiger partial charge in [0.2, 0.25) is 11.8 Å². The normalized spacial score (nSPS) is 25.8. The van der Waals surface area contributed by atoms with E-state index in [9.17, 15) is 18.8 Å². The summed E-state index contributed by atoms with van der Waals surface area (Å²) in [4.78, 5) is 47.9. The fourth-order valence-corrected chi connectivity index (χ4v) is 6.59. The second kappa shape index (κ2) is 7.43. The topological polar surface area (TPSA) is 84.3 Å². The molecule has 4 aromatic rings. The van der Waals surface area contributed by atoms with E-state index in [4.69, 9.17) is 4.98 Å². The molecule has 3 aliphatic heterocycles. The summed E-state index contributed by atoms with van der Waals surface area (Å²) in [6.45, 7) is 3.97. The average molecular weight is 495 g/mol. The van der Waals surface area contributed by atoms with Crippen molar-refractivity contribution in [3.8, 4) is 5.69 Å². The molecule has 0 saturated carbocycles. The van der Waals surface area contributed by atoms with E-state index in [0.717, 1.165) is 4.90 Å². The highest BCUT2D eigenvalue weighted by Gasteiger charge is 2.70. The van der Waals surface area contributed by atoms with Crippen molar-refractivity contribution in [1.29, 1.82) is 0 Å². The Morgan fingerprint density at radius 3 is 2.32 bits per heavy atom. The van der Waals surface area contributed by atoms with E-state index in [1.165, 1.54) is 18.2 Å². The molecule has 1 aromatic heterocycles. The standard InChI is InChI=1S/C29H23FN4O3/c1-15(2)24-22-23(27(37)33(26(22)36)21-14-8-5-11-18(21)30)29(32-24)17-10-4-7-13-20(17)34-25(35)16-9-3-6-12-19(16)31-28(29)34/h3-15,22-24,32H,1-2H3/t22-,23-,24-,29-/m1/s1. The van der Waals surface area contributed by atoms with Crippen molar-refractivity contribution in [2.24, 2.45) is 17.8 Å². The number of anilines is 1. The van der Waals surface area contributed by atoms with Gasteiger partial charge in [0, 0.05) is 11.6 Å². The molecule has 1 N–H and O–H groups in total. The summed E-state index contributed by atoms with van der Waals surface area (Å²) in [7, 11) is 0. The lowest BCUT2D eigenvalue weighted by Crippen LogP contribution is -2.51. The Morgan fingerprint density at radius 2 is 1.57 bits per heavy atom. The third-order valence-corrected chi connectivity index (χ3v) is 8.11. The van der Waals surface area contributed by atoms with Gasteiger partial charge in [0.05, 0.1) is 34.1 Å². The van der Waals surface area contributed by atoms with Crippen LogP contribution in [0.4, 0.5) is 10.1 Å². The Bertz CT molecular complexity index is 1710. The molecule has 1 spiro atoms. The first-order valence-corrected chi connectivity index (χ1v) is 12.4. The predicted molar refractivity (Wildman–Crippen MR) is 136 cm³/mol. The van der Waals surface area contributed by atoms with Gasteiger partial charge >= 0.3 is 0 Å². The summed E-state index contributed by atoms with van der Waals surface area (Å²) in [5.41, 5.74) is 0.330. The number of aromatic nitrogens is 2. The Hall–Kier alpha value is -4.17. The summed E-state index contributed by atoms with van der Waals surface area (Å²) in [5, 5.41) is 4.10. The minimum absolute atomic E-state index is 0.0300. The van der Waals surface area contributed by atoms with Crippen molar-refractivity contribution in [2.75, 3.05) is 4.90 Å². The van der Waals surface area contributed by atoms with Gasteiger partial charge in [-0.05, 0) is 36.2 Å². The molecule has 0 bridgehead atoms. The Kier molecular flexibility index (Phi) is 4.43. The van der Waals surface area contributed by atoms with Crippen LogP contribution in [0.3, 0.4) is 0 Å². The largest absolute Gasteiger partial charge is 0.296 e. The van der Waals surface area contributed by atoms with Gasteiger partial charge in [0.1, 0.15) is 17.2 Å². The van der Waals surface area contributed by atoms with Crippen LogP contribution in [0.2, 0.25) is 0 Å². The summed E-state index contributed by atoms with van der Waals surface area (Å²) in [6, 6.07) is 19.9. The molecule has 3 aliphatic rings. The Morgan fingerprint density at radius 1 is 0.892 bits per heavy atom. The molecule has 8 heteroatoms. The van der Waals surface area contributed by atoms with E-state index >= 15 is 0 Å². The van der Waals surface area contributed by atoms with Crippen LogP contribution in [-0.4, -0.2) is 27.4 Å². The lowest BCUT2D eigenvalue weighted by Gasteiger charge is -2.32. The van der Waals surface area contributed by atoms with Crippen LogP contribution in [0.1, 0.15) is 25.2 Å². The molecule has 184 valence electrons. The SMILES string of the molecule is CC(C)[C@H]1N[C@]2(c3ccccc3-n3c2nc2ccccc2c3=O)[C@H]2C(=O)N(c3ccccc3F)C(=O)[C@@H]12. The Labute approximate surface area is 211 Å². The number of carbonyl (C=O) groups is 2. The maximum atomic E-state index is 14.9. The van der Waals surface area contributed by atoms with E-state index in [1.807, 2.05) is 44.2 Å². The highest BCUT2D eigenvalue weighted by molar-refractivity contribution is 6.23. The number of para-hydroxylation sites is 3. The first kappa shape index (κ1) is 22.1. The van der Waals surface area contributed by atoms with Crippen molar-refractivity contribution >= 4 is 28.4 Å². The average Bonchev–Trinajstić information content (AvgIpc) is 3.49. The summed E-state index contributed by atoms with van der Waals surface area (Å²) in [6.07, 6.45) is 0.